The van der Waals surface area contributed by atoms with Gasteiger partial charge in [-0.1, -0.05) is 13.8 Å². The van der Waals surface area contributed by atoms with Gasteiger partial charge in [0.25, 0.3) is 0 Å². The molecule has 15 heavy (non-hydrogen) atoms. The van der Waals surface area contributed by atoms with E-state index in [1.807, 2.05) is 13.8 Å². The second-order valence-electron chi connectivity index (χ2n) is 5.62. The molecule has 1 heterocycles. The van der Waals surface area contributed by atoms with Gasteiger partial charge in [-0.05, 0) is 39.5 Å². The van der Waals surface area contributed by atoms with Crippen LogP contribution in [0.25, 0.3) is 0 Å². The Morgan fingerprint density at radius 3 is 2.00 bits per heavy atom. The fourth-order valence-corrected chi connectivity index (χ4v) is 1.11. The standard InChI is InChI=1S/C11H22O4/c1-9(2)7-8-12-14-11(5,6)15-13-10(9,3)4/h7-8H2,1-6H3. The van der Waals surface area contributed by atoms with E-state index in [2.05, 4.69) is 13.8 Å². The topological polar surface area (TPSA) is 36.9 Å². The highest BCUT2D eigenvalue weighted by atomic mass is 17.3. The molecule has 0 spiro atoms. The minimum Gasteiger partial charge on any atom is -0.234 e. The van der Waals surface area contributed by atoms with Crippen molar-refractivity contribution < 1.29 is 19.6 Å². The van der Waals surface area contributed by atoms with Crippen molar-refractivity contribution in [3.8, 4) is 0 Å². The smallest absolute Gasteiger partial charge is 0.228 e. The maximum Gasteiger partial charge on any atom is 0.228 e. The lowest BCUT2D eigenvalue weighted by atomic mass is 9.75. The van der Waals surface area contributed by atoms with E-state index in [9.17, 15) is 0 Å². The van der Waals surface area contributed by atoms with Crippen molar-refractivity contribution in [2.24, 2.45) is 5.41 Å². The minimum absolute atomic E-state index is 0.0449. The van der Waals surface area contributed by atoms with Gasteiger partial charge in [0.15, 0.2) is 0 Å². The highest BCUT2D eigenvalue weighted by molar-refractivity contribution is 4.86. The van der Waals surface area contributed by atoms with E-state index < -0.39 is 5.79 Å². The Morgan fingerprint density at radius 1 is 0.800 bits per heavy atom. The molecule has 0 amide bonds. The molecule has 0 aromatic carbocycles. The van der Waals surface area contributed by atoms with Crippen LogP contribution in [-0.2, 0) is 19.6 Å². The molecule has 0 N–H and O–H groups in total. The zero-order valence-electron chi connectivity index (χ0n) is 10.5. The van der Waals surface area contributed by atoms with Crippen LogP contribution in [-0.4, -0.2) is 18.0 Å². The first kappa shape index (κ1) is 12.9. The largest absolute Gasteiger partial charge is 0.234 e. The maximum atomic E-state index is 5.48. The summed E-state index contributed by atoms with van der Waals surface area (Å²) in [5.74, 6) is -0.877. The lowest BCUT2D eigenvalue weighted by Gasteiger charge is -2.39. The molecule has 4 heteroatoms. The van der Waals surface area contributed by atoms with Gasteiger partial charge in [-0.25, -0.2) is 9.78 Å². The van der Waals surface area contributed by atoms with Crippen LogP contribution in [0.15, 0.2) is 0 Å². The van der Waals surface area contributed by atoms with Crippen LogP contribution in [0, 0.1) is 5.41 Å². The summed E-state index contributed by atoms with van der Waals surface area (Å²) in [5, 5.41) is 0. The van der Waals surface area contributed by atoms with Crippen molar-refractivity contribution in [1.82, 2.24) is 0 Å². The Bertz CT molecular complexity index is 221. The zero-order valence-corrected chi connectivity index (χ0v) is 10.5. The van der Waals surface area contributed by atoms with Gasteiger partial charge >= 0.3 is 0 Å². The summed E-state index contributed by atoms with van der Waals surface area (Å²) in [7, 11) is 0. The molecule has 0 aromatic heterocycles. The van der Waals surface area contributed by atoms with Gasteiger partial charge in [-0.2, -0.15) is 9.78 Å². The van der Waals surface area contributed by atoms with Crippen LogP contribution in [0.5, 0.6) is 0 Å². The first-order chi connectivity index (χ1) is 6.66. The SMILES string of the molecule is CC1(C)OOCCC(C)(C)C(C)(C)OO1. The van der Waals surface area contributed by atoms with E-state index in [1.165, 1.54) is 0 Å². The van der Waals surface area contributed by atoms with Gasteiger partial charge in [-0.3, -0.25) is 0 Å². The first-order valence-corrected chi connectivity index (χ1v) is 5.34. The average molecular weight is 218 g/mol. The average Bonchev–Trinajstić information content (AvgIpc) is 2.11. The Kier molecular flexibility index (Phi) is 3.45. The Labute approximate surface area is 91.7 Å². The molecule has 90 valence electrons. The van der Waals surface area contributed by atoms with Gasteiger partial charge in [0, 0.05) is 0 Å². The van der Waals surface area contributed by atoms with Crippen molar-refractivity contribution in [2.45, 2.75) is 59.4 Å². The molecule has 0 radical (unpaired) electrons. The van der Waals surface area contributed by atoms with Crippen LogP contribution < -0.4 is 0 Å². The number of hydrogen-bond donors (Lipinski definition) is 0. The quantitative estimate of drug-likeness (QED) is 0.586. The molecule has 0 unspecified atom stereocenters. The van der Waals surface area contributed by atoms with Crippen LogP contribution in [0.2, 0.25) is 0 Å². The van der Waals surface area contributed by atoms with Crippen molar-refractivity contribution in [3.63, 3.8) is 0 Å². The van der Waals surface area contributed by atoms with E-state index in [4.69, 9.17) is 19.6 Å². The van der Waals surface area contributed by atoms with Crippen molar-refractivity contribution in [1.29, 1.82) is 0 Å². The van der Waals surface area contributed by atoms with E-state index in [1.54, 1.807) is 13.8 Å². The van der Waals surface area contributed by atoms with Gasteiger partial charge in [0.2, 0.25) is 5.79 Å². The van der Waals surface area contributed by atoms with Crippen LogP contribution in [0.4, 0.5) is 0 Å². The van der Waals surface area contributed by atoms with Gasteiger partial charge < -0.3 is 0 Å². The second kappa shape index (κ2) is 4.01. The van der Waals surface area contributed by atoms with Crippen LogP contribution in [0.1, 0.15) is 48.0 Å². The predicted octanol–water partition coefficient (Wildman–Crippen LogP) is 2.83. The molecule has 0 saturated carbocycles. The fourth-order valence-electron chi connectivity index (χ4n) is 1.11. The molecule has 1 fully saturated rings. The molecule has 0 atom stereocenters. The molecule has 4 nitrogen and oxygen atoms in total. The highest BCUT2D eigenvalue weighted by Gasteiger charge is 2.42. The summed E-state index contributed by atoms with van der Waals surface area (Å²) >= 11 is 0. The Morgan fingerprint density at radius 2 is 1.40 bits per heavy atom. The molecule has 1 aliphatic heterocycles. The third-order valence-electron chi connectivity index (χ3n) is 3.15. The molecular formula is C11H22O4. The molecular weight excluding hydrogens is 196 g/mol. The minimum atomic E-state index is -0.877. The molecule has 0 aliphatic carbocycles. The van der Waals surface area contributed by atoms with Gasteiger partial charge in [0.05, 0.1) is 6.61 Å². The molecule has 1 rings (SSSR count). The van der Waals surface area contributed by atoms with Crippen LogP contribution in [0.3, 0.4) is 0 Å². The van der Waals surface area contributed by atoms with Crippen molar-refractivity contribution in [3.05, 3.63) is 0 Å². The molecule has 1 aliphatic rings. The molecule has 0 aromatic rings. The summed E-state index contributed by atoms with van der Waals surface area (Å²) in [6, 6.07) is 0. The van der Waals surface area contributed by atoms with Gasteiger partial charge in [-0.15, -0.1) is 0 Å². The van der Waals surface area contributed by atoms with E-state index in [0.29, 0.717) is 6.61 Å². The fraction of sp³-hybridized carbons (Fsp3) is 1.00. The molecule has 0 bridgehead atoms. The summed E-state index contributed by atoms with van der Waals surface area (Å²) < 4.78 is 0. The number of hydrogen-bond acceptors (Lipinski definition) is 4. The predicted molar refractivity (Wildman–Crippen MR) is 55.8 cm³/mol. The lowest BCUT2D eigenvalue weighted by Crippen LogP contribution is -2.43. The third kappa shape index (κ3) is 3.14. The van der Waals surface area contributed by atoms with E-state index in [0.717, 1.165) is 6.42 Å². The summed E-state index contributed by atoms with van der Waals surface area (Å²) in [6.45, 7) is 12.3. The van der Waals surface area contributed by atoms with E-state index in [-0.39, 0.29) is 11.0 Å². The highest BCUT2D eigenvalue weighted by Crippen LogP contribution is 2.39. The normalized spacial score (nSPS) is 30.0. The van der Waals surface area contributed by atoms with Crippen molar-refractivity contribution >= 4 is 0 Å². The number of rotatable bonds is 0. The lowest BCUT2D eigenvalue weighted by molar-refractivity contribution is -0.516. The Balaban J connectivity index is 2.79. The van der Waals surface area contributed by atoms with Gasteiger partial charge in [0.1, 0.15) is 5.60 Å². The van der Waals surface area contributed by atoms with Crippen molar-refractivity contribution in [2.75, 3.05) is 6.61 Å². The van der Waals surface area contributed by atoms with E-state index >= 15 is 0 Å². The zero-order chi connectivity index (χ0) is 11.7. The first-order valence-electron chi connectivity index (χ1n) is 5.34. The third-order valence-corrected chi connectivity index (χ3v) is 3.15. The summed E-state index contributed by atoms with van der Waals surface area (Å²) in [5.41, 5.74) is -0.432. The van der Waals surface area contributed by atoms with Crippen LogP contribution >= 0.6 is 0 Å². The Hall–Kier alpha value is -0.160. The summed E-state index contributed by atoms with van der Waals surface area (Å²) in [4.78, 5) is 20.9. The monoisotopic (exact) mass is 218 g/mol. The maximum absolute atomic E-state index is 5.48. The second-order valence-corrected chi connectivity index (χ2v) is 5.62. The molecule has 1 saturated heterocycles. The summed E-state index contributed by atoms with van der Waals surface area (Å²) in [6.07, 6.45) is 0.847.